The van der Waals surface area contributed by atoms with Gasteiger partial charge >= 0.3 is 0 Å². The largest absolute Gasteiger partial charge is 0.364 e. The van der Waals surface area contributed by atoms with E-state index in [0.717, 1.165) is 25.5 Å². The van der Waals surface area contributed by atoms with Crippen LogP contribution in [-0.4, -0.2) is 36.0 Å². The van der Waals surface area contributed by atoms with E-state index in [1.165, 1.54) is 12.1 Å². The van der Waals surface area contributed by atoms with Gasteiger partial charge in [0, 0.05) is 25.2 Å². The molecule has 20 heavy (non-hydrogen) atoms. The average Bonchev–Trinajstić information content (AvgIpc) is 2.46. The number of benzene rings is 1. The number of nitrogens with zero attached hydrogens (tertiary/aromatic N) is 3. The van der Waals surface area contributed by atoms with Gasteiger partial charge < -0.3 is 10.2 Å². The second kappa shape index (κ2) is 5.83. The number of nitrogens with one attached hydrogen (secondary N) is 1. The first-order chi connectivity index (χ1) is 9.52. The molecule has 1 N–H and O–H groups in total. The molecule has 2 rings (SSSR count). The first-order valence-corrected chi connectivity index (χ1v) is 6.38. The molecule has 8 heteroatoms. The van der Waals surface area contributed by atoms with Crippen molar-refractivity contribution in [1.82, 2.24) is 5.32 Å². The number of nitro benzene ring substituents is 2. The van der Waals surface area contributed by atoms with Crippen molar-refractivity contribution in [1.29, 1.82) is 0 Å². The minimum atomic E-state index is -0.622. The number of anilines is 1. The third-order valence-corrected chi connectivity index (χ3v) is 3.54. The van der Waals surface area contributed by atoms with Crippen LogP contribution >= 0.6 is 0 Å². The second-order valence-corrected chi connectivity index (χ2v) is 4.76. The number of rotatable bonds is 4. The fraction of sp³-hybridized carbons (Fsp3) is 0.500. The molecule has 0 bridgehead atoms. The summed E-state index contributed by atoms with van der Waals surface area (Å²) < 4.78 is 0. The number of piperidine rings is 1. The van der Waals surface area contributed by atoms with Crippen LogP contribution in [0.5, 0.6) is 0 Å². The topological polar surface area (TPSA) is 102 Å². The van der Waals surface area contributed by atoms with E-state index in [2.05, 4.69) is 5.32 Å². The molecule has 0 saturated carbocycles. The Kier molecular flexibility index (Phi) is 4.14. The quantitative estimate of drug-likeness (QED) is 0.665. The molecule has 1 unspecified atom stereocenters. The summed E-state index contributed by atoms with van der Waals surface area (Å²) in [5.41, 5.74) is -0.0286. The first-order valence-electron chi connectivity index (χ1n) is 6.38. The van der Waals surface area contributed by atoms with Crippen molar-refractivity contribution in [2.24, 2.45) is 0 Å². The Labute approximate surface area is 115 Å². The summed E-state index contributed by atoms with van der Waals surface area (Å²) in [6.07, 6.45) is 1.95. The Bertz CT molecular complexity index is 534. The van der Waals surface area contributed by atoms with E-state index in [0.29, 0.717) is 12.2 Å². The van der Waals surface area contributed by atoms with E-state index >= 15 is 0 Å². The van der Waals surface area contributed by atoms with E-state index in [4.69, 9.17) is 0 Å². The molecule has 0 spiro atoms. The highest BCUT2D eigenvalue weighted by Crippen LogP contribution is 2.33. The zero-order chi connectivity index (χ0) is 14.7. The zero-order valence-electron chi connectivity index (χ0n) is 11.1. The molecule has 1 aliphatic heterocycles. The van der Waals surface area contributed by atoms with Crippen LogP contribution in [0.2, 0.25) is 0 Å². The molecule has 0 radical (unpaired) electrons. The van der Waals surface area contributed by atoms with Gasteiger partial charge in [-0.15, -0.1) is 0 Å². The van der Waals surface area contributed by atoms with Crippen LogP contribution in [-0.2, 0) is 0 Å². The molecular weight excluding hydrogens is 264 g/mol. The molecule has 8 nitrogen and oxygen atoms in total. The zero-order valence-corrected chi connectivity index (χ0v) is 11.1. The predicted molar refractivity (Wildman–Crippen MR) is 74.0 cm³/mol. The summed E-state index contributed by atoms with van der Waals surface area (Å²) in [5, 5.41) is 25.0. The monoisotopic (exact) mass is 280 g/mol. The summed E-state index contributed by atoms with van der Waals surface area (Å²) in [4.78, 5) is 22.6. The lowest BCUT2D eigenvalue weighted by Crippen LogP contribution is -2.44. The number of hydrogen-bond donors (Lipinski definition) is 1. The van der Waals surface area contributed by atoms with Crippen molar-refractivity contribution >= 4 is 17.1 Å². The Balaban J connectivity index is 2.35. The molecule has 1 aromatic rings. The Hall–Kier alpha value is -2.22. The normalized spacial score (nSPS) is 18.9. The van der Waals surface area contributed by atoms with Crippen molar-refractivity contribution < 1.29 is 9.85 Å². The molecular formula is C12H16N4O4. The summed E-state index contributed by atoms with van der Waals surface area (Å²) in [5.74, 6) is 0. The lowest BCUT2D eigenvalue weighted by Gasteiger charge is -2.33. The molecule has 0 amide bonds. The minimum Gasteiger partial charge on any atom is -0.364 e. The molecule has 1 aliphatic rings. The standard InChI is InChI=1S/C12H16N4O4/c1-13-9-3-2-6-14(8-9)11-5-4-10(15(17)18)7-12(11)16(19)20/h4-5,7,9,13H,2-3,6,8H2,1H3. The molecule has 0 aromatic heterocycles. The Morgan fingerprint density at radius 3 is 2.65 bits per heavy atom. The smallest absolute Gasteiger partial charge is 0.299 e. The van der Waals surface area contributed by atoms with E-state index in [9.17, 15) is 20.2 Å². The summed E-state index contributed by atoms with van der Waals surface area (Å²) >= 11 is 0. The lowest BCUT2D eigenvalue weighted by atomic mass is 10.0. The van der Waals surface area contributed by atoms with Crippen LogP contribution in [0.15, 0.2) is 18.2 Å². The number of likely N-dealkylation sites (N-methyl/N-ethyl adjacent to an activating group) is 1. The van der Waals surface area contributed by atoms with Crippen LogP contribution in [0.3, 0.4) is 0 Å². The molecule has 1 atom stereocenters. The van der Waals surface area contributed by atoms with Crippen molar-refractivity contribution in [3.8, 4) is 0 Å². The number of hydrogen-bond acceptors (Lipinski definition) is 6. The highest BCUT2D eigenvalue weighted by Gasteiger charge is 2.26. The number of nitro groups is 2. The van der Waals surface area contributed by atoms with Gasteiger partial charge in [0.1, 0.15) is 5.69 Å². The van der Waals surface area contributed by atoms with Crippen molar-refractivity contribution in [2.75, 3.05) is 25.0 Å². The average molecular weight is 280 g/mol. The number of non-ortho nitro benzene ring substituents is 1. The fourth-order valence-corrected chi connectivity index (χ4v) is 2.47. The fourth-order valence-electron chi connectivity index (χ4n) is 2.47. The van der Waals surface area contributed by atoms with E-state index in [-0.39, 0.29) is 17.4 Å². The summed E-state index contributed by atoms with van der Waals surface area (Å²) in [6.45, 7) is 1.38. The SMILES string of the molecule is CNC1CCCN(c2ccc([N+](=O)[O-])cc2[N+](=O)[O-])C1. The van der Waals surface area contributed by atoms with Gasteiger partial charge in [-0.1, -0.05) is 0 Å². The maximum Gasteiger partial charge on any atom is 0.299 e. The van der Waals surface area contributed by atoms with Gasteiger partial charge in [-0.3, -0.25) is 20.2 Å². The lowest BCUT2D eigenvalue weighted by molar-refractivity contribution is -0.393. The summed E-state index contributed by atoms with van der Waals surface area (Å²) in [7, 11) is 1.86. The maximum atomic E-state index is 11.1. The molecule has 1 aromatic carbocycles. The molecule has 108 valence electrons. The van der Waals surface area contributed by atoms with E-state index in [1.807, 2.05) is 11.9 Å². The van der Waals surface area contributed by atoms with Gasteiger partial charge in [-0.25, -0.2) is 0 Å². The highest BCUT2D eigenvalue weighted by atomic mass is 16.6. The predicted octanol–water partition coefficient (Wildman–Crippen LogP) is 1.69. The van der Waals surface area contributed by atoms with Crippen LogP contribution < -0.4 is 10.2 Å². The first kappa shape index (κ1) is 14.2. The minimum absolute atomic E-state index is 0.212. The van der Waals surface area contributed by atoms with Crippen molar-refractivity contribution in [3.63, 3.8) is 0 Å². The van der Waals surface area contributed by atoms with Gasteiger partial charge in [0.25, 0.3) is 11.4 Å². The van der Waals surface area contributed by atoms with Crippen LogP contribution in [0.1, 0.15) is 12.8 Å². The van der Waals surface area contributed by atoms with Crippen LogP contribution in [0.4, 0.5) is 17.1 Å². The van der Waals surface area contributed by atoms with Crippen LogP contribution in [0, 0.1) is 20.2 Å². The second-order valence-electron chi connectivity index (χ2n) is 4.76. The van der Waals surface area contributed by atoms with Gasteiger partial charge in [0.15, 0.2) is 0 Å². The molecule has 0 aliphatic carbocycles. The van der Waals surface area contributed by atoms with Gasteiger partial charge in [0.2, 0.25) is 0 Å². The van der Waals surface area contributed by atoms with Gasteiger partial charge in [-0.05, 0) is 26.0 Å². The maximum absolute atomic E-state index is 11.1. The molecule has 1 heterocycles. The Morgan fingerprint density at radius 2 is 2.05 bits per heavy atom. The van der Waals surface area contributed by atoms with Crippen LogP contribution in [0.25, 0.3) is 0 Å². The molecule has 1 saturated heterocycles. The van der Waals surface area contributed by atoms with Crippen molar-refractivity contribution in [2.45, 2.75) is 18.9 Å². The van der Waals surface area contributed by atoms with Gasteiger partial charge in [0.05, 0.1) is 15.9 Å². The third kappa shape index (κ3) is 2.85. The van der Waals surface area contributed by atoms with Crippen molar-refractivity contribution in [3.05, 3.63) is 38.4 Å². The van der Waals surface area contributed by atoms with E-state index in [1.54, 1.807) is 0 Å². The van der Waals surface area contributed by atoms with Gasteiger partial charge in [-0.2, -0.15) is 0 Å². The highest BCUT2D eigenvalue weighted by molar-refractivity contribution is 5.67. The van der Waals surface area contributed by atoms with E-state index < -0.39 is 9.85 Å². The third-order valence-electron chi connectivity index (χ3n) is 3.54. The summed E-state index contributed by atoms with van der Waals surface area (Å²) in [6, 6.07) is 4.08. The molecule has 1 fully saturated rings. The Morgan fingerprint density at radius 1 is 1.30 bits per heavy atom.